The number of hydrogen-bond donors (Lipinski definition) is 1. The Labute approximate surface area is 135 Å². The minimum atomic E-state index is -0.203. The first-order chi connectivity index (χ1) is 6.27. The first kappa shape index (κ1) is 18.5. The van der Waals surface area contributed by atoms with Crippen molar-refractivity contribution < 1.29 is 7.65 Å². The quantitative estimate of drug-likeness (QED) is 0.788. The third-order valence-electron chi connectivity index (χ3n) is 2.51. The molecule has 2 unspecified atom stereocenters. The maximum absolute atomic E-state index is 11.7. The third kappa shape index (κ3) is 8.87. The van der Waals surface area contributed by atoms with Crippen molar-refractivity contribution in [3.63, 3.8) is 0 Å². The summed E-state index contributed by atoms with van der Waals surface area (Å²) in [5.74, 6) is 0.334. The summed E-state index contributed by atoms with van der Waals surface area (Å²) in [6, 6.07) is 0.787. The molecular weight excluding hydrogens is 262 g/mol. The van der Waals surface area contributed by atoms with E-state index in [2.05, 4.69) is 26.1 Å². The first-order valence-electron chi connectivity index (χ1n) is 5.56. The second kappa shape index (κ2) is 8.24. The van der Waals surface area contributed by atoms with Gasteiger partial charge in [0.15, 0.2) is 0 Å². The van der Waals surface area contributed by atoms with Crippen molar-refractivity contribution in [3.8, 4) is 0 Å². The molecule has 0 aromatic heterocycles. The molecule has 2 atom stereocenters. The van der Waals surface area contributed by atoms with Gasteiger partial charge in [-0.1, -0.05) is 27.7 Å². The van der Waals surface area contributed by atoms with Crippen LogP contribution in [0.1, 0.15) is 57.2 Å². The Balaban J connectivity index is -0.000000282. The monoisotopic (exact) mass is 289 g/mol. The molecule has 0 saturated heterocycles. The summed E-state index contributed by atoms with van der Waals surface area (Å²) in [7, 11) is 0. The number of rotatable bonds is 5. The number of Topliss-reactive ketones (excluding diaryl/α,β-unsaturated/α-hetero) is 1. The Morgan fingerprint density at radius 3 is 2.07 bits per heavy atom. The largest absolute Gasteiger partial charge is 2.00 e. The van der Waals surface area contributed by atoms with E-state index in [0.29, 0.717) is 18.2 Å². The molecule has 0 aliphatic rings. The van der Waals surface area contributed by atoms with Gasteiger partial charge >= 0.3 is 45.5 Å². The molecule has 1 N–H and O–H groups in total. The molecule has 0 spiro atoms. The third-order valence-corrected chi connectivity index (χ3v) is 2.51. The molecular formula is C12H27NOSr. The predicted octanol–water partition coefficient (Wildman–Crippen LogP) is 2.61. The van der Waals surface area contributed by atoms with Crippen LogP contribution in [-0.2, 0) is 4.79 Å². The van der Waals surface area contributed by atoms with E-state index >= 15 is 0 Å². The molecule has 0 saturated carbocycles. The van der Waals surface area contributed by atoms with E-state index in [1.54, 1.807) is 0 Å². The molecule has 0 aliphatic heterocycles. The summed E-state index contributed by atoms with van der Waals surface area (Å²) < 4.78 is 0. The van der Waals surface area contributed by atoms with Gasteiger partial charge in [-0.05, 0) is 20.3 Å². The average Bonchev–Trinajstić information content (AvgIpc) is 2.02. The fourth-order valence-electron chi connectivity index (χ4n) is 1.25. The van der Waals surface area contributed by atoms with Gasteiger partial charge in [0, 0.05) is 23.9 Å². The number of nitrogens with one attached hydrogen (secondary N) is 1. The van der Waals surface area contributed by atoms with Crippen LogP contribution in [-0.4, -0.2) is 63.3 Å². The second-order valence-electron chi connectivity index (χ2n) is 5.25. The van der Waals surface area contributed by atoms with Gasteiger partial charge in [0.25, 0.3) is 0 Å². The zero-order chi connectivity index (χ0) is 11.4. The van der Waals surface area contributed by atoms with Gasteiger partial charge in [0.05, 0.1) is 0 Å². The molecule has 3 heteroatoms. The van der Waals surface area contributed by atoms with Gasteiger partial charge in [0.2, 0.25) is 0 Å². The van der Waals surface area contributed by atoms with Crippen LogP contribution in [0.2, 0.25) is 0 Å². The van der Waals surface area contributed by atoms with E-state index in [4.69, 9.17) is 0 Å². The maximum atomic E-state index is 11.7. The van der Waals surface area contributed by atoms with E-state index in [-0.39, 0.29) is 59.8 Å². The maximum Gasteiger partial charge on any atom is 2.00 e. The Bertz CT molecular complexity index is 195. The zero-order valence-electron chi connectivity index (χ0n) is 13.2. The van der Waals surface area contributed by atoms with Crippen molar-refractivity contribution >= 4 is 51.3 Å². The minimum Gasteiger partial charge on any atom is -1.00 e. The Morgan fingerprint density at radius 1 is 1.27 bits per heavy atom. The van der Waals surface area contributed by atoms with Gasteiger partial charge in [-0.2, -0.15) is 0 Å². The predicted molar refractivity (Wildman–Crippen MR) is 69.4 cm³/mol. The smallest absolute Gasteiger partial charge is 1.00 e. The van der Waals surface area contributed by atoms with Crippen LogP contribution in [0.3, 0.4) is 0 Å². The molecule has 0 aliphatic carbocycles. The molecule has 0 heterocycles. The first-order valence-corrected chi connectivity index (χ1v) is 5.56. The van der Waals surface area contributed by atoms with Crippen molar-refractivity contribution in [1.82, 2.24) is 5.32 Å². The fourth-order valence-corrected chi connectivity index (χ4v) is 1.25. The van der Waals surface area contributed by atoms with E-state index in [0.717, 1.165) is 6.42 Å². The topological polar surface area (TPSA) is 29.1 Å². The van der Waals surface area contributed by atoms with Crippen LogP contribution in [0.5, 0.6) is 0 Å². The number of carbonyl (C=O) groups is 1. The standard InChI is InChI=1S/C12H25NO.Sr.2H/c1-7-9(2)13-10(3)8-11(14)12(4,5)6;;;/h9-10,13H,7-8H2,1-6H3;;;/q;+2;2*-1. The molecule has 15 heavy (non-hydrogen) atoms. The normalized spacial score (nSPS) is 15.3. The Morgan fingerprint density at radius 2 is 1.73 bits per heavy atom. The van der Waals surface area contributed by atoms with E-state index in [1.807, 2.05) is 20.8 Å². The summed E-state index contributed by atoms with van der Waals surface area (Å²) in [5, 5.41) is 3.41. The van der Waals surface area contributed by atoms with Crippen LogP contribution < -0.4 is 5.32 Å². The number of hydrogen-bond acceptors (Lipinski definition) is 2. The SMILES string of the molecule is CCC(C)NC(C)CC(=O)C(C)(C)C.[H-].[H-].[Sr+2]. The number of ketones is 1. The van der Waals surface area contributed by atoms with Gasteiger partial charge < -0.3 is 8.17 Å². The fraction of sp³-hybridized carbons (Fsp3) is 0.917. The Kier molecular flexibility index (Phi) is 10.1. The van der Waals surface area contributed by atoms with Gasteiger partial charge in [-0.25, -0.2) is 0 Å². The summed E-state index contributed by atoms with van der Waals surface area (Å²) in [5.41, 5.74) is -0.203. The van der Waals surface area contributed by atoms with E-state index in [9.17, 15) is 4.79 Å². The van der Waals surface area contributed by atoms with Crippen LogP contribution in [0.4, 0.5) is 0 Å². The van der Waals surface area contributed by atoms with Crippen LogP contribution in [0, 0.1) is 5.41 Å². The molecule has 2 nitrogen and oxygen atoms in total. The minimum absolute atomic E-state index is 0. The van der Waals surface area contributed by atoms with E-state index < -0.39 is 0 Å². The molecule has 0 aromatic rings. The van der Waals surface area contributed by atoms with Crippen LogP contribution in [0.15, 0.2) is 0 Å². The van der Waals surface area contributed by atoms with Crippen molar-refractivity contribution in [1.29, 1.82) is 0 Å². The van der Waals surface area contributed by atoms with Gasteiger partial charge in [0.1, 0.15) is 5.78 Å². The zero-order valence-corrected chi connectivity index (χ0v) is 14.7. The summed E-state index contributed by atoms with van der Waals surface area (Å²) in [6.45, 7) is 12.3. The Hall–Kier alpha value is 1.11. The average molecular weight is 289 g/mol. The summed E-state index contributed by atoms with van der Waals surface area (Å²) in [6.07, 6.45) is 1.74. The van der Waals surface area contributed by atoms with Crippen molar-refractivity contribution in [2.24, 2.45) is 5.41 Å². The van der Waals surface area contributed by atoms with E-state index in [1.165, 1.54) is 0 Å². The molecule has 0 fully saturated rings. The van der Waals surface area contributed by atoms with Crippen LogP contribution >= 0.6 is 0 Å². The summed E-state index contributed by atoms with van der Waals surface area (Å²) >= 11 is 0. The molecule has 0 radical (unpaired) electrons. The number of carbonyl (C=O) groups excluding carboxylic acids is 1. The molecule has 0 bridgehead atoms. The van der Waals surface area contributed by atoms with Gasteiger partial charge in [-0.15, -0.1) is 0 Å². The molecule has 0 aromatic carbocycles. The second-order valence-corrected chi connectivity index (χ2v) is 5.25. The molecule has 88 valence electrons. The molecule has 0 amide bonds. The molecule has 0 rings (SSSR count). The van der Waals surface area contributed by atoms with Crippen molar-refractivity contribution in [2.75, 3.05) is 0 Å². The summed E-state index contributed by atoms with van der Waals surface area (Å²) in [4.78, 5) is 11.7. The van der Waals surface area contributed by atoms with Crippen LogP contribution in [0.25, 0.3) is 0 Å². The van der Waals surface area contributed by atoms with Gasteiger partial charge in [-0.3, -0.25) is 4.79 Å². The van der Waals surface area contributed by atoms with Crippen molar-refractivity contribution in [3.05, 3.63) is 0 Å². The van der Waals surface area contributed by atoms with Crippen molar-refractivity contribution in [2.45, 2.75) is 66.5 Å².